The minimum Gasteiger partial charge on any atom is -0.319 e. The van der Waals surface area contributed by atoms with Gasteiger partial charge in [0.25, 0.3) is 0 Å². The Morgan fingerprint density at radius 2 is 2.06 bits per heavy atom. The van der Waals surface area contributed by atoms with Gasteiger partial charge < -0.3 is 5.32 Å². The molecule has 1 aliphatic carbocycles. The first-order valence-electron chi connectivity index (χ1n) is 6.71. The summed E-state index contributed by atoms with van der Waals surface area (Å²) in [7, 11) is 2.04. The molecule has 0 saturated heterocycles. The Morgan fingerprint density at radius 3 is 2.71 bits per heavy atom. The molecule has 0 bridgehead atoms. The molecule has 0 aromatic heterocycles. The number of likely N-dealkylation sites (N-methyl/N-ethyl adjacent to an activating group) is 1. The summed E-state index contributed by atoms with van der Waals surface area (Å²) in [6, 6.07) is 8.40. The second-order valence-corrected chi connectivity index (χ2v) is 5.55. The average Bonchev–Trinajstić information content (AvgIpc) is 2.37. The van der Waals surface area contributed by atoms with Gasteiger partial charge in [0.2, 0.25) is 0 Å². The zero-order chi connectivity index (χ0) is 12.1. The smallest absolute Gasteiger partial charge is 0.0408 e. The van der Waals surface area contributed by atoms with Gasteiger partial charge >= 0.3 is 0 Å². The Labute approximate surface area is 110 Å². The standard InChI is InChI=1S/C15H22ClN/c1-17-11-15(12-6-3-2-4-7-12)13-8-5-9-14(16)10-13/h5,8-10,12,15,17H,2-4,6-7,11H2,1H3. The largest absolute Gasteiger partial charge is 0.319 e. The fraction of sp³-hybridized carbons (Fsp3) is 0.600. The SMILES string of the molecule is CNCC(c1cccc(Cl)c1)C1CCCCC1. The van der Waals surface area contributed by atoms with Gasteiger partial charge in [0, 0.05) is 11.6 Å². The number of nitrogens with one attached hydrogen (secondary N) is 1. The lowest BCUT2D eigenvalue weighted by Crippen LogP contribution is -2.25. The van der Waals surface area contributed by atoms with E-state index < -0.39 is 0 Å². The van der Waals surface area contributed by atoms with Crippen molar-refractivity contribution in [1.29, 1.82) is 0 Å². The molecular formula is C15H22ClN. The Morgan fingerprint density at radius 1 is 1.29 bits per heavy atom. The molecule has 0 amide bonds. The second-order valence-electron chi connectivity index (χ2n) is 5.12. The lowest BCUT2D eigenvalue weighted by molar-refractivity contribution is 0.300. The number of benzene rings is 1. The monoisotopic (exact) mass is 251 g/mol. The third kappa shape index (κ3) is 3.46. The first-order valence-corrected chi connectivity index (χ1v) is 7.09. The van der Waals surface area contributed by atoms with E-state index in [-0.39, 0.29) is 0 Å². The highest BCUT2D eigenvalue weighted by atomic mass is 35.5. The fourth-order valence-corrected chi connectivity index (χ4v) is 3.25. The van der Waals surface area contributed by atoms with Crippen molar-refractivity contribution in [2.24, 2.45) is 5.92 Å². The van der Waals surface area contributed by atoms with Gasteiger partial charge in [-0.3, -0.25) is 0 Å². The predicted molar refractivity (Wildman–Crippen MR) is 74.7 cm³/mol. The molecule has 17 heavy (non-hydrogen) atoms. The van der Waals surface area contributed by atoms with Crippen molar-refractivity contribution < 1.29 is 0 Å². The normalized spacial score (nSPS) is 19.2. The molecule has 1 aromatic carbocycles. The van der Waals surface area contributed by atoms with Crippen LogP contribution in [-0.4, -0.2) is 13.6 Å². The van der Waals surface area contributed by atoms with Gasteiger partial charge in [-0.15, -0.1) is 0 Å². The van der Waals surface area contributed by atoms with E-state index in [1.54, 1.807) is 0 Å². The van der Waals surface area contributed by atoms with E-state index in [1.807, 2.05) is 13.1 Å². The van der Waals surface area contributed by atoms with E-state index in [0.717, 1.165) is 17.5 Å². The van der Waals surface area contributed by atoms with Crippen molar-refractivity contribution in [1.82, 2.24) is 5.32 Å². The van der Waals surface area contributed by atoms with Crippen LogP contribution < -0.4 is 5.32 Å². The molecule has 2 rings (SSSR count). The molecule has 1 aromatic rings. The first kappa shape index (κ1) is 12.9. The van der Waals surface area contributed by atoms with Crippen LogP contribution in [0.15, 0.2) is 24.3 Å². The molecule has 0 radical (unpaired) electrons. The maximum Gasteiger partial charge on any atom is 0.0408 e. The third-order valence-corrected chi connectivity index (χ3v) is 4.15. The number of halogens is 1. The highest BCUT2D eigenvalue weighted by molar-refractivity contribution is 6.30. The summed E-state index contributed by atoms with van der Waals surface area (Å²) in [5.74, 6) is 1.45. The van der Waals surface area contributed by atoms with Gasteiger partial charge in [0.05, 0.1) is 0 Å². The molecule has 0 spiro atoms. The van der Waals surface area contributed by atoms with Gasteiger partial charge in [-0.2, -0.15) is 0 Å². The van der Waals surface area contributed by atoms with Gasteiger partial charge in [-0.25, -0.2) is 0 Å². The highest BCUT2D eigenvalue weighted by Gasteiger charge is 2.24. The van der Waals surface area contributed by atoms with Crippen LogP contribution in [0.1, 0.15) is 43.6 Å². The zero-order valence-electron chi connectivity index (χ0n) is 10.6. The Hall–Kier alpha value is -0.530. The van der Waals surface area contributed by atoms with E-state index in [4.69, 9.17) is 11.6 Å². The van der Waals surface area contributed by atoms with Crippen LogP contribution in [0.25, 0.3) is 0 Å². The van der Waals surface area contributed by atoms with Crippen molar-refractivity contribution >= 4 is 11.6 Å². The van der Waals surface area contributed by atoms with Crippen LogP contribution in [0.2, 0.25) is 5.02 Å². The van der Waals surface area contributed by atoms with E-state index in [2.05, 4.69) is 23.5 Å². The molecule has 0 heterocycles. The van der Waals surface area contributed by atoms with Gasteiger partial charge in [-0.05, 0) is 49.4 Å². The van der Waals surface area contributed by atoms with Crippen molar-refractivity contribution in [3.05, 3.63) is 34.9 Å². The Bertz CT molecular complexity index is 345. The fourth-order valence-electron chi connectivity index (χ4n) is 3.05. The molecule has 1 unspecified atom stereocenters. The lowest BCUT2D eigenvalue weighted by atomic mass is 9.77. The second kappa shape index (κ2) is 6.42. The quantitative estimate of drug-likeness (QED) is 0.845. The maximum atomic E-state index is 6.11. The van der Waals surface area contributed by atoms with Crippen LogP contribution >= 0.6 is 11.6 Å². The minimum atomic E-state index is 0.624. The van der Waals surface area contributed by atoms with Crippen LogP contribution in [0.4, 0.5) is 0 Å². The molecule has 0 aliphatic heterocycles. The molecule has 1 aliphatic rings. The summed E-state index contributed by atoms with van der Waals surface area (Å²) in [5, 5.41) is 4.20. The summed E-state index contributed by atoms with van der Waals surface area (Å²) < 4.78 is 0. The molecule has 2 heteroatoms. The summed E-state index contributed by atoms with van der Waals surface area (Å²) in [6.45, 7) is 1.06. The van der Waals surface area contributed by atoms with E-state index in [9.17, 15) is 0 Å². The first-order chi connectivity index (χ1) is 8.31. The molecule has 1 atom stereocenters. The predicted octanol–water partition coefficient (Wildman–Crippen LogP) is 4.22. The van der Waals surface area contributed by atoms with Crippen LogP contribution in [-0.2, 0) is 0 Å². The van der Waals surface area contributed by atoms with Crippen molar-refractivity contribution in [3.63, 3.8) is 0 Å². The van der Waals surface area contributed by atoms with Crippen molar-refractivity contribution in [3.8, 4) is 0 Å². The van der Waals surface area contributed by atoms with Crippen LogP contribution in [0.5, 0.6) is 0 Å². The molecule has 94 valence electrons. The third-order valence-electron chi connectivity index (χ3n) is 3.92. The van der Waals surface area contributed by atoms with Crippen LogP contribution in [0.3, 0.4) is 0 Å². The van der Waals surface area contributed by atoms with Gasteiger partial charge in [-0.1, -0.05) is 43.0 Å². The lowest BCUT2D eigenvalue weighted by Gasteiger charge is -2.30. The molecule has 1 nitrogen and oxygen atoms in total. The highest BCUT2D eigenvalue weighted by Crippen LogP contribution is 2.36. The van der Waals surface area contributed by atoms with Crippen LogP contribution in [0, 0.1) is 5.92 Å². The van der Waals surface area contributed by atoms with Crippen molar-refractivity contribution in [2.75, 3.05) is 13.6 Å². The Kier molecular flexibility index (Phi) is 4.87. The van der Waals surface area contributed by atoms with E-state index >= 15 is 0 Å². The summed E-state index contributed by atoms with van der Waals surface area (Å²) in [5.41, 5.74) is 1.40. The molecular weight excluding hydrogens is 230 g/mol. The molecule has 1 N–H and O–H groups in total. The summed E-state index contributed by atoms with van der Waals surface area (Å²) >= 11 is 6.11. The zero-order valence-corrected chi connectivity index (χ0v) is 11.3. The number of rotatable bonds is 4. The summed E-state index contributed by atoms with van der Waals surface area (Å²) in [6.07, 6.45) is 6.95. The Balaban J connectivity index is 2.15. The maximum absolute atomic E-state index is 6.11. The number of hydrogen-bond acceptors (Lipinski definition) is 1. The average molecular weight is 252 g/mol. The summed E-state index contributed by atoms with van der Waals surface area (Å²) in [4.78, 5) is 0. The van der Waals surface area contributed by atoms with Gasteiger partial charge in [0.1, 0.15) is 0 Å². The minimum absolute atomic E-state index is 0.624. The van der Waals surface area contributed by atoms with Crippen molar-refractivity contribution in [2.45, 2.75) is 38.0 Å². The molecule has 1 saturated carbocycles. The van der Waals surface area contributed by atoms with E-state index in [1.165, 1.54) is 37.7 Å². The topological polar surface area (TPSA) is 12.0 Å². The number of hydrogen-bond donors (Lipinski definition) is 1. The van der Waals surface area contributed by atoms with E-state index in [0.29, 0.717) is 5.92 Å². The molecule has 1 fully saturated rings. The van der Waals surface area contributed by atoms with Gasteiger partial charge in [0.15, 0.2) is 0 Å².